The van der Waals surface area contributed by atoms with Gasteiger partial charge < -0.3 is 14.6 Å². The summed E-state index contributed by atoms with van der Waals surface area (Å²) < 4.78 is 5.62. The minimum atomic E-state index is -1.20. The lowest BCUT2D eigenvalue weighted by Gasteiger charge is -2.39. The van der Waals surface area contributed by atoms with Crippen LogP contribution in [0.15, 0.2) is 43.0 Å². The zero-order chi connectivity index (χ0) is 15.6. The van der Waals surface area contributed by atoms with Crippen LogP contribution in [0.25, 0.3) is 0 Å². The first kappa shape index (κ1) is 15.4. The second-order valence-electron chi connectivity index (χ2n) is 5.91. The van der Waals surface area contributed by atoms with Gasteiger partial charge in [0.15, 0.2) is 11.9 Å². The average molecular weight is 303 g/mol. The largest absolute Gasteiger partial charge is 0.388 e. The lowest BCUT2D eigenvalue weighted by molar-refractivity contribution is -0.174. The van der Waals surface area contributed by atoms with Gasteiger partial charge in [0.2, 0.25) is 0 Å². The van der Waals surface area contributed by atoms with E-state index in [0.717, 1.165) is 11.8 Å². The van der Waals surface area contributed by atoms with Crippen molar-refractivity contribution in [1.82, 2.24) is 5.06 Å². The highest BCUT2D eigenvalue weighted by molar-refractivity contribution is 5.65. The van der Waals surface area contributed by atoms with E-state index in [-0.39, 0.29) is 18.8 Å². The fourth-order valence-corrected chi connectivity index (χ4v) is 3.34. The third kappa shape index (κ3) is 2.73. The first-order valence-electron chi connectivity index (χ1n) is 7.55. The van der Waals surface area contributed by atoms with Crippen molar-refractivity contribution in [2.24, 2.45) is 0 Å². The Morgan fingerprint density at radius 3 is 2.91 bits per heavy atom. The number of hydroxylamine groups is 2. The molecular weight excluding hydrogens is 282 g/mol. The molecule has 1 aliphatic heterocycles. The smallest absolute Gasteiger partial charge is 0.154 e. The SMILES string of the molecule is C=CCO[C@]1(C=O)C[C@H]2C[C@@H]([C@H]1O)N(Cc1ccccc1)O2. The number of ether oxygens (including phenoxy) is 1. The monoisotopic (exact) mass is 303 g/mol. The molecule has 1 heterocycles. The third-order valence-corrected chi connectivity index (χ3v) is 4.42. The predicted molar refractivity (Wildman–Crippen MR) is 80.8 cm³/mol. The molecule has 1 saturated heterocycles. The molecule has 1 aliphatic carbocycles. The number of hydrogen-bond acceptors (Lipinski definition) is 5. The molecule has 22 heavy (non-hydrogen) atoms. The molecule has 2 bridgehead atoms. The van der Waals surface area contributed by atoms with Gasteiger partial charge in [0, 0.05) is 13.0 Å². The molecule has 2 aliphatic rings. The second-order valence-corrected chi connectivity index (χ2v) is 5.91. The standard InChI is InChI=1S/C17H21NO4/c1-2-8-21-17(12-19)10-14-9-15(16(17)20)18(22-14)11-13-6-4-3-5-7-13/h2-7,12,14-16,20H,1,8-11H2/t14-,15+,16-,17+/m1/s1. The van der Waals surface area contributed by atoms with Gasteiger partial charge in [-0.1, -0.05) is 36.4 Å². The number of aldehydes is 1. The average Bonchev–Trinajstić information content (AvgIpc) is 2.89. The lowest BCUT2D eigenvalue weighted by atomic mass is 9.79. The Labute approximate surface area is 130 Å². The molecule has 3 rings (SSSR count). The predicted octanol–water partition coefficient (Wildman–Crippen LogP) is 1.47. The summed E-state index contributed by atoms with van der Waals surface area (Å²) in [6.45, 7) is 4.40. The van der Waals surface area contributed by atoms with E-state index < -0.39 is 11.7 Å². The van der Waals surface area contributed by atoms with Crippen molar-refractivity contribution in [3.63, 3.8) is 0 Å². The molecule has 1 saturated carbocycles. The van der Waals surface area contributed by atoms with E-state index in [4.69, 9.17) is 9.57 Å². The fraction of sp³-hybridized carbons (Fsp3) is 0.471. The van der Waals surface area contributed by atoms with Gasteiger partial charge in [-0.3, -0.25) is 4.84 Å². The Balaban J connectivity index is 1.77. The van der Waals surface area contributed by atoms with E-state index in [1.165, 1.54) is 0 Å². The Bertz CT molecular complexity index is 535. The van der Waals surface area contributed by atoms with Crippen LogP contribution in [0.2, 0.25) is 0 Å². The highest BCUT2D eigenvalue weighted by Crippen LogP contribution is 2.41. The summed E-state index contributed by atoms with van der Waals surface area (Å²) in [6, 6.07) is 9.68. The molecule has 2 fully saturated rings. The molecule has 118 valence electrons. The highest BCUT2D eigenvalue weighted by atomic mass is 16.7. The van der Waals surface area contributed by atoms with E-state index >= 15 is 0 Å². The first-order chi connectivity index (χ1) is 10.7. The van der Waals surface area contributed by atoms with Crippen molar-refractivity contribution in [2.45, 2.75) is 43.2 Å². The van der Waals surface area contributed by atoms with Crippen LogP contribution in [0.4, 0.5) is 0 Å². The number of benzene rings is 1. The van der Waals surface area contributed by atoms with Crippen LogP contribution in [0.1, 0.15) is 18.4 Å². The number of aliphatic hydroxyl groups excluding tert-OH is 1. The fourth-order valence-electron chi connectivity index (χ4n) is 3.34. The van der Waals surface area contributed by atoms with Gasteiger partial charge in [-0.2, -0.15) is 5.06 Å². The Morgan fingerprint density at radius 2 is 2.23 bits per heavy atom. The lowest BCUT2D eigenvalue weighted by Crippen LogP contribution is -2.58. The van der Waals surface area contributed by atoms with E-state index in [2.05, 4.69) is 6.58 Å². The Morgan fingerprint density at radius 1 is 1.45 bits per heavy atom. The van der Waals surface area contributed by atoms with Crippen LogP contribution in [-0.4, -0.2) is 46.9 Å². The van der Waals surface area contributed by atoms with Crippen molar-refractivity contribution < 1.29 is 19.5 Å². The second kappa shape index (κ2) is 6.30. The van der Waals surface area contributed by atoms with Crippen LogP contribution in [-0.2, 0) is 20.9 Å². The summed E-state index contributed by atoms with van der Waals surface area (Å²) >= 11 is 0. The molecule has 0 radical (unpaired) electrons. The topological polar surface area (TPSA) is 59.0 Å². The summed E-state index contributed by atoms with van der Waals surface area (Å²) in [5.41, 5.74) is -0.0984. The van der Waals surface area contributed by atoms with Crippen molar-refractivity contribution >= 4 is 6.29 Å². The van der Waals surface area contributed by atoms with Gasteiger partial charge >= 0.3 is 0 Å². The van der Waals surface area contributed by atoms with E-state index in [1.807, 2.05) is 30.3 Å². The number of aliphatic hydroxyl groups is 1. The Hall–Kier alpha value is -1.53. The molecule has 4 atom stereocenters. The number of carbonyl (C=O) groups excluding carboxylic acids is 1. The maximum Gasteiger partial charge on any atom is 0.154 e. The molecule has 0 spiro atoms. The number of fused-ring (bicyclic) bond motifs is 2. The van der Waals surface area contributed by atoms with Crippen molar-refractivity contribution in [1.29, 1.82) is 0 Å². The summed E-state index contributed by atoms with van der Waals surface area (Å²) in [4.78, 5) is 17.5. The summed E-state index contributed by atoms with van der Waals surface area (Å²) in [6.07, 6.45) is 2.36. The molecule has 0 amide bonds. The highest BCUT2D eigenvalue weighted by Gasteiger charge is 2.56. The van der Waals surface area contributed by atoms with Crippen LogP contribution < -0.4 is 0 Å². The summed E-state index contributed by atoms with van der Waals surface area (Å²) in [5.74, 6) is 0. The summed E-state index contributed by atoms with van der Waals surface area (Å²) in [7, 11) is 0. The molecule has 1 aromatic rings. The molecular formula is C17H21NO4. The number of nitrogens with zero attached hydrogens (tertiary/aromatic N) is 1. The van der Waals surface area contributed by atoms with Crippen molar-refractivity contribution in [3.8, 4) is 0 Å². The van der Waals surface area contributed by atoms with Gasteiger partial charge in [0.25, 0.3) is 0 Å². The van der Waals surface area contributed by atoms with E-state index in [9.17, 15) is 9.90 Å². The third-order valence-electron chi connectivity index (χ3n) is 4.42. The summed E-state index contributed by atoms with van der Waals surface area (Å²) in [5, 5.41) is 12.5. The minimum absolute atomic E-state index is 0.105. The molecule has 0 aromatic heterocycles. The quantitative estimate of drug-likeness (QED) is 0.637. The van der Waals surface area contributed by atoms with Crippen molar-refractivity contribution in [3.05, 3.63) is 48.6 Å². The van der Waals surface area contributed by atoms with E-state index in [1.54, 1.807) is 11.1 Å². The van der Waals surface area contributed by atoms with Gasteiger partial charge in [0.1, 0.15) is 6.10 Å². The molecule has 5 heteroatoms. The van der Waals surface area contributed by atoms with E-state index in [0.29, 0.717) is 19.4 Å². The first-order valence-corrected chi connectivity index (χ1v) is 7.55. The van der Waals surface area contributed by atoms with Gasteiger partial charge in [-0.05, 0) is 12.0 Å². The zero-order valence-electron chi connectivity index (χ0n) is 12.4. The number of rotatable bonds is 6. The minimum Gasteiger partial charge on any atom is -0.388 e. The van der Waals surface area contributed by atoms with Crippen molar-refractivity contribution in [2.75, 3.05) is 6.61 Å². The number of carbonyl (C=O) groups is 1. The maximum absolute atomic E-state index is 11.6. The van der Waals surface area contributed by atoms with Crippen LogP contribution in [0.5, 0.6) is 0 Å². The number of hydrogen-bond donors (Lipinski definition) is 1. The molecule has 1 aromatic carbocycles. The van der Waals surface area contributed by atoms with Gasteiger partial charge in [0.05, 0.1) is 18.8 Å². The van der Waals surface area contributed by atoms with Gasteiger partial charge in [-0.15, -0.1) is 6.58 Å². The zero-order valence-corrected chi connectivity index (χ0v) is 12.4. The van der Waals surface area contributed by atoms with Gasteiger partial charge in [-0.25, -0.2) is 0 Å². The van der Waals surface area contributed by atoms with Crippen LogP contribution in [0.3, 0.4) is 0 Å². The van der Waals surface area contributed by atoms with Crippen LogP contribution in [0, 0.1) is 0 Å². The molecule has 5 nitrogen and oxygen atoms in total. The van der Waals surface area contributed by atoms with Crippen LogP contribution >= 0.6 is 0 Å². The normalized spacial score (nSPS) is 34.5. The maximum atomic E-state index is 11.6. The Kier molecular flexibility index (Phi) is 4.40. The molecule has 0 unspecified atom stereocenters. The molecule has 1 N–H and O–H groups in total.